The quantitative estimate of drug-likeness (QED) is 0.535. The lowest BCUT2D eigenvalue weighted by Crippen LogP contribution is -2.01. The molecule has 0 amide bonds. The Hall–Kier alpha value is -1.48. The topological polar surface area (TPSA) is 56.2 Å². The molecule has 72 valence electrons. The molecule has 2 N–H and O–H groups in total. The van der Waals surface area contributed by atoms with Gasteiger partial charge in [0.25, 0.3) is 0 Å². The fourth-order valence-electron chi connectivity index (χ4n) is 1.35. The fourth-order valence-corrected chi connectivity index (χ4v) is 1.49. The zero-order valence-electron chi connectivity index (χ0n) is 7.50. The minimum atomic E-state index is -0.526. The van der Waals surface area contributed by atoms with E-state index in [9.17, 15) is 4.79 Å². The van der Waals surface area contributed by atoms with E-state index in [1.165, 1.54) is 0 Å². The molecule has 0 atom stereocenters. The van der Waals surface area contributed by atoms with Crippen molar-refractivity contribution in [1.29, 1.82) is 0 Å². The number of halogens is 1. The number of rotatable bonds is 0. The van der Waals surface area contributed by atoms with Gasteiger partial charge in [0.05, 0.1) is 0 Å². The summed E-state index contributed by atoms with van der Waals surface area (Å²) < 4.78 is 4.99. The van der Waals surface area contributed by atoms with Crippen LogP contribution in [0.15, 0.2) is 27.4 Å². The van der Waals surface area contributed by atoms with Crippen LogP contribution >= 0.6 is 11.6 Å². The monoisotopic (exact) mass is 209 g/mol. The highest BCUT2D eigenvalue weighted by molar-refractivity contribution is 6.31. The molecule has 0 aliphatic rings. The lowest BCUT2D eigenvalue weighted by Gasteiger charge is -2.02. The van der Waals surface area contributed by atoms with Gasteiger partial charge in [-0.05, 0) is 24.6 Å². The van der Waals surface area contributed by atoms with Gasteiger partial charge < -0.3 is 10.2 Å². The van der Waals surface area contributed by atoms with Gasteiger partial charge >= 0.3 is 5.63 Å². The lowest BCUT2D eigenvalue weighted by molar-refractivity contribution is 0.560. The first-order valence-electron chi connectivity index (χ1n) is 4.08. The standard InChI is InChI=1S/C10H8ClNO2/c1-5-7-3-2-6(12)4-8(7)14-10(13)9(5)11/h2-4H,12H2,1H3. The zero-order chi connectivity index (χ0) is 10.3. The highest BCUT2D eigenvalue weighted by Crippen LogP contribution is 2.23. The Balaban J connectivity index is 2.98. The highest BCUT2D eigenvalue weighted by atomic mass is 35.5. The van der Waals surface area contributed by atoms with Crippen LogP contribution in [-0.4, -0.2) is 0 Å². The average Bonchev–Trinajstić information content (AvgIpc) is 2.14. The molecule has 14 heavy (non-hydrogen) atoms. The molecule has 0 unspecified atom stereocenters. The van der Waals surface area contributed by atoms with Crippen molar-refractivity contribution in [3.8, 4) is 0 Å². The Morgan fingerprint density at radius 1 is 1.43 bits per heavy atom. The molecule has 0 aliphatic heterocycles. The predicted molar refractivity (Wildman–Crippen MR) is 56.6 cm³/mol. The lowest BCUT2D eigenvalue weighted by atomic mass is 10.1. The Labute approximate surface area is 85.1 Å². The van der Waals surface area contributed by atoms with Crippen LogP contribution in [0.25, 0.3) is 11.0 Å². The van der Waals surface area contributed by atoms with Gasteiger partial charge in [0, 0.05) is 17.1 Å². The van der Waals surface area contributed by atoms with Crippen molar-refractivity contribution in [3.63, 3.8) is 0 Å². The molecule has 1 aromatic carbocycles. The first-order valence-corrected chi connectivity index (χ1v) is 4.46. The maximum absolute atomic E-state index is 11.2. The Bertz CT molecular complexity index is 560. The third-order valence-corrected chi connectivity index (χ3v) is 2.56. The molecule has 2 rings (SSSR count). The Morgan fingerprint density at radius 3 is 2.86 bits per heavy atom. The minimum Gasteiger partial charge on any atom is -0.422 e. The second-order valence-electron chi connectivity index (χ2n) is 3.08. The van der Waals surface area contributed by atoms with E-state index in [1.54, 1.807) is 25.1 Å². The number of fused-ring (bicyclic) bond motifs is 1. The van der Waals surface area contributed by atoms with Gasteiger partial charge in [-0.1, -0.05) is 11.6 Å². The molecule has 0 fully saturated rings. The van der Waals surface area contributed by atoms with E-state index in [4.69, 9.17) is 21.8 Å². The molecule has 0 spiro atoms. The Kier molecular flexibility index (Phi) is 1.97. The molecule has 4 heteroatoms. The van der Waals surface area contributed by atoms with Crippen LogP contribution < -0.4 is 11.4 Å². The van der Waals surface area contributed by atoms with Crippen molar-refractivity contribution in [3.05, 3.63) is 39.2 Å². The summed E-state index contributed by atoms with van der Waals surface area (Å²) in [6.07, 6.45) is 0. The SMILES string of the molecule is Cc1c(Cl)c(=O)oc2cc(N)ccc12. The third-order valence-electron chi connectivity index (χ3n) is 2.12. The number of anilines is 1. The van der Waals surface area contributed by atoms with Crippen LogP contribution in [0.4, 0.5) is 5.69 Å². The van der Waals surface area contributed by atoms with Crippen molar-refractivity contribution in [2.75, 3.05) is 5.73 Å². The summed E-state index contributed by atoms with van der Waals surface area (Å²) in [7, 11) is 0. The third kappa shape index (κ3) is 1.26. The van der Waals surface area contributed by atoms with E-state index in [0.717, 1.165) is 10.9 Å². The van der Waals surface area contributed by atoms with Crippen LogP contribution in [0, 0.1) is 6.92 Å². The van der Waals surface area contributed by atoms with Crippen LogP contribution in [0.5, 0.6) is 0 Å². The molecule has 3 nitrogen and oxygen atoms in total. The first kappa shape index (κ1) is 9.09. The molecule has 0 radical (unpaired) electrons. The van der Waals surface area contributed by atoms with Crippen LogP contribution in [-0.2, 0) is 0 Å². The van der Waals surface area contributed by atoms with Crippen molar-refractivity contribution in [2.45, 2.75) is 6.92 Å². The number of benzene rings is 1. The minimum absolute atomic E-state index is 0.127. The summed E-state index contributed by atoms with van der Waals surface area (Å²) in [5.41, 5.74) is 6.79. The van der Waals surface area contributed by atoms with Gasteiger partial charge in [0.15, 0.2) is 0 Å². The molecule has 2 aromatic rings. The van der Waals surface area contributed by atoms with E-state index in [0.29, 0.717) is 11.3 Å². The smallest absolute Gasteiger partial charge is 0.355 e. The van der Waals surface area contributed by atoms with Crippen LogP contribution in [0.2, 0.25) is 5.02 Å². The van der Waals surface area contributed by atoms with Gasteiger partial charge in [-0.15, -0.1) is 0 Å². The molecule has 0 saturated carbocycles. The average molecular weight is 210 g/mol. The Morgan fingerprint density at radius 2 is 2.14 bits per heavy atom. The maximum Gasteiger partial charge on any atom is 0.355 e. The first-order chi connectivity index (χ1) is 6.59. The van der Waals surface area contributed by atoms with Gasteiger partial charge in [0.1, 0.15) is 10.6 Å². The number of nitrogen functional groups attached to an aromatic ring is 1. The van der Waals surface area contributed by atoms with Gasteiger partial charge in [-0.3, -0.25) is 0 Å². The highest BCUT2D eigenvalue weighted by Gasteiger charge is 2.08. The van der Waals surface area contributed by atoms with Crippen molar-refractivity contribution < 1.29 is 4.42 Å². The molecule has 1 aromatic heterocycles. The van der Waals surface area contributed by atoms with Gasteiger partial charge in [-0.25, -0.2) is 4.79 Å². The van der Waals surface area contributed by atoms with E-state index in [2.05, 4.69) is 0 Å². The van der Waals surface area contributed by atoms with E-state index in [1.807, 2.05) is 0 Å². The normalized spacial score (nSPS) is 10.7. The van der Waals surface area contributed by atoms with Gasteiger partial charge in [-0.2, -0.15) is 0 Å². The molecule has 0 bridgehead atoms. The summed E-state index contributed by atoms with van der Waals surface area (Å²) in [6.45, 7) is 1.78. The largest absolute Gasteiger partial charge is 0.422 e. The summed E-state index contributed by atoms with van der Waals surface area (Å²) in [4.78, 5) is 11.2. The number of aryl methyl sites for hydroxylation is 1. The fraction of sp³-hybridized carbons (Fsp3) is 0.100. The number of hydrogen-bond donors (Lipinski definition) is 1. The second-order valence-corrected chi connectivity index (χ2v) is 3.46. The zero-order valence-corrected chi connectivity index (χ0v) is 8.26. The van der Waals surface area contributed by atoms with E-state index < -0.39 is 5.63 Å². The van der Waals surface area contributed by atoms with Crippen molar-refractivity contribution in [2.24, 2.45) is 0 Å². The number of hydrogen-bond acceptors (Lipinski definition) is 3. The van der Waals surface area contributed by atoms with Crippen molar-refractivity contribution in [1.82, 2.24) is 0 Å². The summed E-state index contributed by atoms with van der Waals surface area (Å²) >= 11 is 5.76. The summed E-state index contributed by atoms with van der Waals surface area (Å²) in [5, 5.41) is 0.936. The van der Waals surface area contributed by atoms with Crippen molar-refractivity contribution >= 4 is 28.3 Å². The van der Waals surface area contributed by atoms with Gasteiger partial charge in [0.2, 0.25) is 0 Å². The molecule has 0 aliphatic carbocycles. The van der Waals surface area contributed by atoms with E-state index >= 15 is 0 Å². The molecule has 0 saturated heterocycles. The van der Waals surface area contributed by atoms with E-state index in [-0.39, 0.29) is 5.02 Å². The summed E-state index contributed by atoms with van der Waals surface area (Å²) in [6, 6.07) is 5.14. The molecular formula is C10H8ClNO2. The summed E-state index contributed by atoms with van der Waals surface area (Å²) in [5.74, 6) is 0. The predicted octanol–water partition coefficient (Wildman–Crippen LogP) is 2.34. The van der Waals surface area contributed by atoms with Crippen LogP contribution in [0.1, 0.15) is 5.56 Å². The maximum atomic E-state index is 11.2. The molecule has 1 heterocycles. The van der Waals surface area contributed by atoms with Crippen LogP contribution in [0.3, 0.4) is 0 Å². The number of nitrogens with two attached hydrogens (primary N) is 1. The molecular weight excluding hydrogens is 202 g/mol. The second kappa shape index (κ2) is 3.03.